The molecule has 0 atom stereocenters. The number of carboxylic acid groups (broad SMARTS) is 1. The molecule has 0 unspecified atom stereocenters. The fraction of sp³-hybridized carbons (Fsp3) is 0.200. The number of halogens is 1. The summed E-state index contributed by atoms with van der Waals surface area (Å²) in [5, 5.41) is 13.8. The molecule has 0 bridgehead atoms. The molecule has 0 saturated heterocycles. The Balaban J connectivity index is 2.62. The van der Waals surface area contributed by atoms with Crippen molar-refractivity contribution < 1.29 is 9.90 Å². The number of hydrogen-bond acceptors (Lipinski definition) is 2. The Labute approximate surface area is 94.6 Å². The van der Waals surface area contributed by atoms with E-state index < -0.39 is 5.97 Å². The van der Waals surface area contributed by atoms with Gasteiger partial charge in [-0.2, -0.15) is 5.10 Å². The van der Waals surface area contributed by atoms with Crippen LogP contribution in [-0.2, 0) is 18.3 Å². The van der Waals surface area contributed by atoms with E-state index in [-0.39, 0.29) is 6.42 Å². The zero-order valence-corrected chi connectivity index (χ0v) is 9.65. The molecule has 0 radical (unpaired) electrons. The Morgan fingerprint density at radius 2 is 2.33 bits per heavy atom. The number of aryl methyl sites for hydroxylation is 1. The zero-order valence-electron chi connectivity index (χ0n) is 8.07. The fourth-order valence-electron chi connectivity index (χ4n) is 1.58. The molecule has 1 heterocycles. The summed E-state index contributed by atoms with van der Waals surface area (Å²) in [7, 11) is 1.81. The molecule has 1 N–H and O–H groups in total. The van der Waals surface area contributed by atoms with Gasteiger partial charge in [0.2, 0.25) is 0 Å². The summed E-state index contributed by atoms with van der Waals surface area (Å²) in [6.45, 7) is 0. The topological polar surface area (TPSA) is 55.1 Å². The smallest absolute Gasteiger partial charge is 0.309 e. The first-order chi connectivity index (χ1) is 7.08. The van der Waals surface area contributed by atoms with Crippen LogP contribution in [0.15, 0.2) is 22.7 Å². The number of hydrogen-bond donors (Lipinski definition) is 1. The lowest BCUT2D eigenvalue weighted by atomic mass is 10.2. The average Bonchev–Trinajstić information content (AvgIpc) is 2.42. The third-order valence-electron chi connectivity index (χ3n) is 2.21. The van der Waals surface area contributed by atoms with E-state index in [9.17, 15) is 4.79 Å². The van der Waals surface area contributed by atoms with Gasteiger partial charge in [0.25, 0.3) is 0 Å². The molecule has 0 aliphatic rings. The maximum atomic E-state index is 10.6. The molecule has 0 fully saturated rings. The van der Waals surface area contributed by atoms with Crippen LogP contribution < -0.4 is 0 Å². The van der Waals surface area contributed by atoms with Crippen LogP contribution in [-0.4, -0.2) is 20.9 Å². The third-order valence-corrected chi connectivity index (χ3v) is 2.70. The van der Waals surface area contributed by atoms with Gasteiger partial charge in [0.05, 0.1) is 17.6 Å². The van der Waals surface area contributed by atoms with Crippen molar-refractivity contribution in [1.82, 2.24) is 9.78 Å². The molecule has 0 spiro atoms. The Hall–Kier alpha value is -1.36. The summed E-state index contributed by atoms with van der Waals surface area (Å²) in [5.41, 5.74) is 1.54. The summed E-state index contributed by atoms with van der Waals surface area (Å²) in [6, 6.07) is 5.69. The lowest BCUT2D eigenvalue weighted by molar-refractivity contribution is -0.136. The van der Waals surface area contributed by atoms with E-state index in [1.165, 1.54) is 0 Å². The van der Waals surface area contributed by atoms with Crippen molar-refractivity contribution in [3.05, 3.63) is 28.4 Å². The molecule has 5 heteroatoms. The van der Waals surface area contributed by atoms with Crippen LogP contribution in [0.4, 0.5) is 0 Å². The van der Waals surface area contributed by atoms with Gasteiger partial charge in [0, 0.05) is 16.9 Å². The maximum Gasteiger partial charge on any atom is 0.309 e. The quantitative estimate of drug-likeness (QED) is 0.906. The lowest BCUT2D eigenvalue weighted by Gasteiger charge is -1.94. The molecule has 2 aromatic rings. The fourth-order valence-corrected chi connectivity index (χ4v) is 1.93. The van der Waals surface area contributed by atoms with Gasteiger partial charge in [-0.1, -0.05) is 15.9 Å². The highest BCUT2D eigenvalue weighted by atomic mass is 79.9. The summed E-state index contributed by atoms with van der Waals surface area (Å²) in [6.07, 6.45) is -0.0427. The van der Waals surface area contributed by atoms with E-state index >= 15 is 0 Å². The summed E-state index contributed by atoms with van der Waals surface area (Å²) in [5.74, 6) is -0.863. The maximum absolute atomic E-state index is 10.6. The number of carboxylic acids is 1. The van der Waals surface area contributed by atoms with Crippen molar-refractivity contribution in [1.29, 1.82) is 0 Å². The minimum Gasteiger partial charge on any atom is -0.481 e. The zero-order chi connectivity index (χ0) is 11.0. The molecule has 0 saturated carbocycles. The molecule has 0 aliphatic carbocycles. The highest BCUT2D eigenvalue weighted by Gasteiger charge is 2.11. The second kappa shape index (κ2) is 3.66. The SMILES string of the molecule is Cn1nc(CC(=O)O)c2ccc(Br)cc21. The predicted molar refractivity (Wildman–Crippen MR) is 59.8 cm³/mol. The van der Waals surface area contributed by atoms with E-state index in [4.69, 9.17) is 5.11 Å². The highest BCUT2D eigenvalue weighted by Crippen LogP contribution is 2.22. The van der Waals surface area contributed by atoms with E-state index in [1.54, 1.807) is 11.7 Å². The van der Waals surface area contributed by atoms with E-state index in [2.05, 4.69) is 21.0 Å². The Bertz CT molecular complexity index is 533. The minimum absolute atomic E-state index is 0.0427. The van der Waals surface area contributed by atoms with Crippen molar-refractivity contribution in [2.75, 3.05) is 0 Å². The monoisotopic (exact) mass is 268 g/mol. The first kappa shape index (κ1) is 10.2. The largest absolute Gasteiger partial charge is 0.481 e. The van der Waals surface area contributed by atoms with Crippen LogP contribution >= 0.6 is 15.9 Å². The number of aliphatic carboxylic acids is 1. The number of aromatic nitrogens is 2. The van der Waals surface area contributed by atoms with Crippen LogP contribution in [0.1, 0.15) is 5.69 Å². The van der Waals surface area contributed by atoms with Crippen molar-refractivity contribution in [2.24, 2.45) is 7.05 Å². The van der Waals surface area contributed by atoms with Gasteiger partial charge in [0.15, 0.2) is 0 Å². The van der Waals surface area contributed by atoms with Gasteiger partial charge < -0.3 is 5.11 Å². The van der Waals surface area contributed by atoms with Gasteiger partial charge in [-0.05, 0) is 18.2 Å². The standard InChI is InChI=1S/C10H9BrN2O2/c1-13-9-4-6(11)2-3-7(9)8(12-13)5-10(14)15/h2-4H,5H2,1H3,(H,14,15). The summed E-state index contributed by atoms with van der Waals surface area (Å²) in [4.78, 5) is 10.6. The normalized spacial score (nSPS) is 10.8. The third kappa shape index (κ3) is 1.87. The first-order valence-electron chi connectivity index (χ1n) is 4.41. The van der Waals surface area contributed by atoms with Gasteiger partial charge in [-0.25, -0.2) is 0 Å². The predicted octanol–water partition coefficient (Wildman–Crippen LogP) is 1.96. The van der Waals surface area contributed by atoms with Crippen LogP contribution in [0.25, 0.3) is 10.9 Å². The number of fused-ring (bicyclic) bond motifs is 1. The van der Waals surface area contributed by atoms with Crippen molar-refractivity contribution in [3.8, 4) is 0 Å². The molecule has 2 rings (SSSR count). The van der Waals surface area contributed by atoms with Gasteiger partial charge in [-0.15, -0.1) is 0 Å². The van der Waals surface area contributed by atoms with Crippen molar-refractivity contribution in [3.63, 3.8) is 0 Å². The molecule has 0 aliphatic heterocycles. The summed E-state index contributed by atoms with van der Waals surface area (Å²) >= 11 is 3.37. The minimum atomic E-state index is -0.863. The number of nitrogens with zero attached hydrogens (tertiary/aromatic N) is 2. The van der Waals surface area contributed by atoms with Gasteiger partial charge in [0.1, 0.15) is 0 Å². The van der Waals surface area contributed by atoms with Gasteiger partial charge in [-0.3, -0.25) is 9.48 Å². The Kier molecular flexibility index (Phi) is 2.48. The second-order valence-electron chi connectivity index (χ2n) is 3.30. The molecular formula is C10H9BrN2O2. The number of carbonyl (C=O) groups is 1. The Morgan fingerprint density at radius 3 is 3.00 bits per heavy atom. The summed E-state index contributed by atoms with van der Waals surface area (Å²) < 4.78 is 2.65. The lowest BCUT2D eigenvalue weighted by Crippen LogP contribution is -2.01. The average molecular weight is 269 g/mol. The number of rotatable bonds is 2. The van der Waals surface area contributed by atoms with E-state index in [1.807, 2.05) is 18.2 Å². The second-order valence-corrected chi connectivity index (χ2v) is 4.22. The van der Waals surface area contributed by atoms with Crippen LogP contribution in [0.3, 0.4) is 0 Å². The molecular weight excluding hydrogens is 260 g/mol. The van der Waals surface area contributed by atoms with Gasteiger partial charge >= 0.3 is 5.97 Å². The molecule has 15 heavy (non-hydrogen) atoms. The molecule has 1 aromatic carbocycles. The molecule has 0 amide bonds. The van der Waals surface area contributed by atoms with Crippen molar-refractivity contribution in [2.45, 2.75) is 6.42 Å². The molecule has 4 nitrogen and oxygen atoms in total. The first-order valence-corrected chi connectivity index (χ1v) is 5.20. The van der Waals surface area contributed by atoms with E-state index in [0.29, 0.717) is 5.69 Å². The molecule has 78 valence electrons. The van der Waals surface area contributed by atoms with Crippen LogP contribution in [0.5, 0.6) is 0 Å². The van der Waals surface area contributed by atoms with E-state index in [0.717, 1.165) is 15.4 Å². The van der Waals surface area contributed by atoms with Crippen molar-refractivity contribution >= 4 is 32.8 Å². The Morgan fingerprint density at radius 1 is 1.60 bits per heavy atom. The van der Waals surface area contributed by atoms with Crippen LogP contribution in [0, 0.1) is 0 Å². The highest BCUT2D eigenvalue weighted by molar-refractivity contribution is 9.10. The number of benzene rings is 1. The van der Waals surface area contributed by atoms with Crippen LogP contribution in [0.2, 0.25) is 0 Å². The molecule has 1 aromatic heterocycles.